The van der Waals surface area contributed by atoms with E-state index in [1.165, 1.54) is 12.8 Å². The molecule has 2 fully saturated rings. The predicted octanol–water partition coefficient (Wildman–Crippen LogP) is 3.60. The Labute approximate surface area is 156 Å². The van der Waals surface area contributed by atoms with Crippen LogP contribution in [-0.2, 0) is 0 Å². The molecule has 0 spiro atoms. The monoisotopic (exact) mass is 368 g/mol. The molecular weight excluding hydrogens is 344 g/mol. The first-order valence-corrected chi connectivity index (χ1v) is 10.4. The molecule has 6 nitrogen and oxygen atoms in total. The van der Waals surface area contributed by atoms with E-state index in [9.17, 15) is 0 Å². The van der Waals surface area contributed by atoms with Crippen LogP contribution in [0.4, 0.5) is 11.5 Å². The van der Waals surface area contributed by atoms with Crippen molar-refractivity contribution < 1.29 is 0 Å². The second kappa shape index (κ2) is 6.25. The molecule has 2 aliphatic carbocycles. The number of nitrogens with two attached hydrogens (primary N) is 2. The first-order chi connectivity index (χ1) is 12.7. The Balaban J connectivity index is 1.65. The van der Waals surface area contributed by atoms with Crippen molar-refractivity contribution in [3.05, 3.63) is 28.6 Å². The van der Waals surface area contributed by atoms with E-state index in [1.807, 2.05) is 10.7 Å². The number of nitrogens with zero attached hydrogens (tertiary/aromatic N) is 3. The standard InChI is InChI=1S/C19H24N6S/c20-13-3-1-11(2-4-13)16-17(23-14-5-6-14)19-22-9-15(12-7-8-26-10-12)25(19)24-18(16)21/h7-11,13-14,23H,1-6,20H2,(H2,21,24)/t11-,13-. The largest absolute Gasteiger partial charge is 0.382 e. The molecule has 0 aliphatic heterocycles. The van der Waals surface area contributed by atoms with Crippen molar-refractivity contribution in [2.24, 2.45) is 5.73 Å². The second-order valence-electron chi connectivity index (χ2n) is 7.60. The maximum absolute atomic E-state index is 6.50. The molecule has 0 unspecified atom stereocenters. The number of thiophene rings is 1. The minimum absolute atomic E-state index is 0.320. The fourth-order valence-electron chi connectivity index (χ4n) is 4.03. The maximum Gasteiger partial charge on any atom is 0.178 e. The van der Waals surface area contributed by atoms with Gasteiger partial charge in [-0.05, 0) is 55.9 Å². The van der Waals surface area contributed by atoms with Crippen LogP contribution in [0, 0.1) is 0 Å². The fraction of sp³-hybridized carbons (Fsp3) is 0.474. The predicted molar refractivity (Wildman–Crippen MR) is 107 cm³/mol. The smallest absolute Gasteiger partial charge is 0.178 e. The summed E-state index contributed by atoms with van der Waals surface area (Å²) in [7, 11) is 0. The van der Waals surface area contributed by atoms with Crippen molar-refractivity contribution in [2.45, 2.75) is 56.5 Å². The van der Waals surface area contributed by atoms with Crippen LogP contribution in [0.3, 0.4) is 0 Å². The topological polar surface area (TPSA) is 94.3 Å². The summed E-state index contributed by atoms with van der Waals surface area (Å²) in [5, 5.41) is 12.6. The summed E-state index contributed by atoms with van der Waals surface area (Å²) < 4.78 is 1.90. The van der Waals surface area contributed by atoms with Gasteiger partial charge in [0.1, 0.15) is 5.82 Å². The number of hydrogen-bond acceptors (Lipinski definition) is 6. The highest BCUT2D eigenvalue weighted by atomic mass is 32.1. The zero-order valence-corrected chi connectivity index (χ0v) is 15.5. The average Bonchev–Trinajstić information content (AvgIpc) is 3.12. The van der Waals surface area contributed by atoms with E-state index < -0.39 is 0 Å². The van der Waals surface area contributed by atoms with Crippen molar-refractivity contribution >= 4 is 28.5 Å². The highest BCUT2D eigenvalue weighted by Crippen LogP contribution is 2.42. The molecule has 0 saturated heterocycles. The molecule has 2 aliphatic rings. The highest BCUT2D eigenvalue weighted by molar-refractivity contribution is 7.08. The van der Waals surface area contributed by atoms with E-state index in [0.717, 1.165) is 53.8 Å². The number of nitrogen functional groups attached to an aromatic ring is 1. The molecule has 0 bridgehead atoms. The summed E-state index contributed by atoms with van der Waals surface area (Å²) in [6.07, 6.45) is 8.56. The van der Waals surface area contributed by atoms with E-state index in [0.29, 0.717) is 23.8 Å². The normalized spacial score (nSPS) is 23.4. The van der Waals surface area contributed by atoms with Gasteiger partial charge in [-0.15, -0.1) is 5.10 Å². The summed E-state index contributed by atoms with van der Waals surface area (Å²) in [6, 6.07) is 2.95. The Morgan fingerprint density at radius 1 is 1.15 bits per heavy atom. The number of fused-ring (bicyclic) bond motifs is 1. The van der Waals surface area contributed by atoms with E-state index >= 15 is 0 Å². The molecule has 7 heteroatoms. The van der Waals surface area contributed by atoms with Gasteiger partial charge in [0.05, 0.1) is 17.6 Å². The molecule has 5 N–H and O–H groups in total. The lowest BCUT2D eigenvalue weighted by Crippen LogP contribution is -2.27. The van der Waals surface area contributed by atoms with Gasteiger partial charge in [0, 0.05) is 28.6 Å². The number of imidazole rings is 1. The number of anilines is 2. The molecular formula is C19H24N6S. The van der Waals surface area contributed by atoms with Crippen LogP contribution >= 0.6 is 11.3 Å². The quantitative estimate of drug-likeness (QED) is 0.654. The van der Waals surface area contributed by atoms with Crippen LogP contribution < -0.4 is 16.8 Å². The summed E-state index contributed by atoms with van der Waals surface area (Å²) in [5.41, 5.74) is 17.9. The Hall–Kier alpha value is -2.12. The summed E-state index contributed by atoms with van der Waals surface area (Å²) in [4.78, 5) is 4.73. The third-order valence-corrected chi connectivity index (χ3v) is 6.32. The lowest BCUT2D eigenvalue weighted by atomic mass is 9.81. The fourth-order valence-corrected chi connectivity index (χ4v) is 4.68. The first kappa shape index (κ1) is 16.1. The maximum atomic E-state index is 6.50. The van der Waals surface area contributed by atoms with Gasteiger partial charge in [0.15, 0.2) is 5.65 Å². The van der Waals surface area contributed by atoms with Crippen LogP contribution in [0.15, 0.2) is 23.0 Å². The van der Waals surface area contributed by atoms with Gasteiger partial charge in [-0.25, -0.2) is 9.50 Å². The SMILES string of the molecule is Nc1nn2c(-c3ccsc3)cnc2c(NC2CC2)c1[C@H]1CC[C@H](N)CC1. The van der Waals surface area contributed by atoms with Gasteiger partial charge in [0.25, 0.3) is 0 Å². The van der Waals surface area contributed by atoms with Crippen molar-refractivity contribution in [2.75, 3.05) is 11.1 Å². The molecule has 5 rings (SSSR count). The number of hydrogen-bond donors (Lipinski definition) is 3. The van der Waals surface area contributed by atoms with Crippen LogP contribution in [0.25, 0.3) is 16.9 Å². The van der Waals surface area contributed by atoms with Crippen molar-refractivity contribution in [3.8, 4) is 11.3 Å². The van der Waals surface area contributed by atoms with E-state index in [2.05, 4.69) is 22.1 Å². The van der Waals surface area contributed by atoms with Crippen LogP contribution in [0.1, 0.15) is 50.0 Å². The highest BCUT2D eigenvalue weighted by Gasteiger charge is 2.30. The third-order valence-electron chi connectivity index (χ3n) is 5.64. The summed E-state index contributed by atoms with van der Waals surface area (Å²) >= 11 is 1.67. The Kier molecular flexibility index (Phi) is 3.86. The van der Waals surface area contributed by atoms with Crippen molar-refractivity contribution in [1.29, 1.82) is 0 Å². The zero-order chi connectivity index (χ0) is 17.7. The van der Waals surface area contributed by atoms with Crippen molar-refractivity contribution in [3.63, 3.8) is 0 Å². The number of rotatable bonds is 4. The Morgan fingerprint density at radius 2 is 1.96 bits per heavy atom. The van der Waals surface area contributed by atoms with Gasteiger partial charge in [-0.1, -0.05) is 0 Å². The van der Waals surface area contributed by atoms with Gasteiger partial charge in [-0.3, -0.25) is 0 Å². The van der Waals surface area contributed by atoms with E-state index in [1.54, 1.807) is 11.3 Å². The molecule has 3 heterocycles. The molecule has 0 atom stereocenters. The minimum atomic E-state index is 0.320. The molecule has 0 amide bonds. The molecule has 2 saturated carbocycles. The van der Waals surface area contributed by atoms with E-state index in [-0.39, 0.29) is 0 Å². The van der Waals surface area contributed by atoms with Gasteiger partial charge in [-0.2, -0.15) is 11.3 Å². The lowest BCUT2D eigenvalue weighted by molar-refractivity contribution is 0.396. The van der Waals surface area contributed by atoms with Gasteiger partial charge in [0.2, 0.25) is 0 Å². The van der Waals surface area contributed by atoms with E-state index in [4.69, 9.17) is 21.5 Å². The molecule has 26 heavy (non-hydrogen) atoms. The minimum Gasteiger partial charge on any atom is -0.382 e. The second-order valence-corrected chi connectivity index (χ2v) is 8.38. The molecule has 3 aromatic rings. The first-order valence-electron chi connectivity index (χ1n) is 9.42. The molecule has 0 radical (unpaired) electrons. The molecule has 136 valence electrons. The van der Waals surface area contributed by atoms with Crippen molar-refractivity contribution in [1.82, 2.24) is 14.6 Å². The van der Waals surface area contributed by atoms with Crippen LogP contribution in [0.5, 0.6) is 0 Å². The number of nitrogens with one attached hydrogen (secondary N) is 1. The third kappa shape index (κ3) is 2.75. The molecule has 3 aromatic heterocycles. The Bertz CT molecular complexity index is 919. The Morgan fingerprint density at radius 3 is 2.65 bits per heavy atom. The van der Waals surface area contributed by atoms with Gasteiger partial charge >= 0.3 is 0 Å². The van der Waals surface area contributed by atoms with Gasteiger partial charge < -0.3 is 16.8 Å². The number of aromatic nitrogens is 3. The lowest BCUT2D eigenvalue weighted by Gasteiger charge is -2.29. The zero-order valence-electron chi connectivity index (χ0n) is 14.7. The van der Waals surface area contributed by atoms with Crippen LogP contribution in [0.2, 0.25) is 0 Å². The summed E-state index contributed by atoms with van der Waals surface area (Å²) in [6.45, 7) is 0. The average molecular weight is 369 g/mol. The van der Waals surface area contributed by atoms with Crippen LogP contribution in [-0.4, -0.2) is 26.7 Å². The molecule has 0 aromatic carbocycles. The summed E-state index contributed by atoms with van der Waals surface area (Å²) in [5.74, 6) is 1.03.